The molecule has 8 heteroatoms. The normalized spacial score (nSPS) is 16.8. The van der Waals surface area contributed by atoms with Gasteiger partial charge in [0.1, 0.15) is 6.04 Å². The first-order chi connectivity index (χ1) is 11.3. The minimum Gasteiger partial charge on any atom is -0.378 e. The maximum Gasteiger partial charge on any atom is 0.246 e. The second kappa shape index (κ2) is 7.72. The summed E-state index contributed by atoms with van der Waals surface area (Å²) in [6.45, 7) is 5.49. The molecule has 0 aliphatic carbocycles. The number of amides is 1. The number of sulfonamides is 1. The molecule has 134 valence electrons. The fourth-order valence-electron chi connectivity index (χ4n) is 2.83. The Bertz CT molecular complexity index is 702. The van der Waals surface area contributed by atoms with Gasteiger partial charge in [-0.1, -0.05) is 24.6 Å². The van der Waals surface area contributed by atoms with Crippen LogP contribution in [0.2, 0.25) is 5.02 Å². The van der Waals surface area contributed by atoms with Crippen LogP contribution in [0.3, 0.4) is 0 Å². The van der Waals surface area contributed by atoms with E-state index < -0.39 is 16.1 Å². The zero-order chi connectivity index (χ0) is 17.9. The van der Waals surface area contributed by atoms with E-state index in [4.69, 9.17) is 16.3 Å². The summed E-state index contributed by atoms with van der Waals surface area (Å²) in [6.07, 6.45) is 1.48. The largest absolute Gasteiger partial charge is 0.378 e. The van der Waals surface area contributed by atoms with Gasteiger partial charge in [0.05, 0.1) is 25.2 Å². The number of rotatable bonds is 5. The fraction of sp³-hybridized carbons (Fsp3) is 0.562. The number of hydrogen-bond donors (Lipinski definition) is 0. The summed E-state index contributed by atoms with van der Waals surface area (Å²) in [5.74, 6) is -0.203. The summed E-state index contributed by atoms with van der Waals surface area (Å²) in [6, 6.07) is 4.25. The zero-order valence-electron chi connectivity index (χ0n) is 14.2. The molecule has 24 heavy (non-hydrogen) atoms. The van der Waals surface area contributed by atoms with Crippen LogP contribution in [0, 0.1) is 6.92 Å². The summed E-state index contributed by atoms with van der Waals surface area (Å²) in [7, 11) is -3.66. The molecule has 1 aromatic carbocycles. The third-order valence-corrected chi connectivity index (χ3v) is 5.44. The lowest BCUT2D eigenvalue weighted by Crippen LogP contribution is -2.53. The van der Waals surface area contributed by atoms with Gasteiger partial charge < -0.3 is 9.64 Å². The van der Waals surface area contributed by atoms with E-state index in [1.165, 1.54) is 4.31 Å². The van der Waals surface area contributed by atoms with Crippen LogP contribution in [0.4, 0.5) is 5.69 Å². The van der Waals surface area contributed by atoms with Crippen molar-refractivity contribution in [2.75, 3.05) is 36.9 Å². The highest BCUT2D eigenvalue weighted by Crippen LogP contribution is 2.29. The van der Waals surface area contributed by atoms with Gasteiger partial charge in [0.15, 0.2) is 0 Å². The third-order valence-electron chi connectivity index (χ3n) is 4.04. The van der Waals surface area contributed by atoms with Gasteiger partial charge >= 0.3 is 0 Å². The van der Waals surface area contributed by atoms with E-state index in [1.54, 1.807) is 36.9 Å². The van der Waals surface area contributed by atoms with E-state index in [1.807, 2.05) is 0 Å². The third kappa shape index (κ3) is 4.20. The summed E-state index contributed by atoms with van der Waals surface area (Å²) in [5, 5.41) is 0.429. The van der Waals surface area contributed by atoms with Gasteiger partial charge in [0.2, 0.25) is 15.9 Å². The Morgan fingerprint density at radius 2 is 2.00 bits per heavy atom. The van der Waals surface area contributed by atoms with Crippen LogP contribution in [0.15, 0.2) is 18.2 Å². The number of carbonyl (C=O) groups is 1. The number of carbonyl (C=O) groups excluding carboxylic acids is 1. The van der Waals surface area contributed by atoms with Crippen molar-refractivity contribution in [2.24, 2.45) is 0 Å². The maximum absolute atomic E-state index is 12.9. The molecular weight excluding hydrogens is 352 g/mol. The second-order valence-corrected chi connectivity index (χ2v) is 8.15. The lowest BCUT2D eigenvalue weighted by atomic mass is 10.1. The van der Waals surface area contributed by atoms with Crippen LogP contribution in [0.25, 0.3) is 0 Å². The molecule has 0 radical (unpaired) electrons. The van der Waals surface area contributed by atoms with Crippen LogP contribution < -0.4 is 4.31 Å². The van der Waals surface area contributed by atoms with Gasteiger partial charge in [-0.25, -0.2) is 8.42 Å². The Balaban J connectivity index is 2.45. The number of morpholine rings is 1. The molecule has 1 saturated heterocycles. The number of aryl methyl sites for hydroxylation is 1. The number of anilines is 1. The van der Waals surface area contributed by atoms with Crippen LogP contribution in [-0.4, -0.2) is 57.8 Å². The molecule has 0 N–H and O–H groups in total. The summed E-state index contributed by atoms with van der Waals surface area (Å²) in [5.41, 5.74) is 1.19. The van der Waals surface area contributed by atoms with Gasteiger partial charge in [0.25, 0.3) is 0 Å². The molecule has 0 bridgehead atoms. The second-order valence-electron chi connectivity index (χ2n) is 5.85. The van der Waals surface area contributed by atoms with Crippen LogP contribution >= 0.6 is 11.6 Å². The number of benzene rings is 1. The van der Waals surface area contributed by atoms with E-state index in [-0.39, 0.29) is 5.91 Å². The first kappa shape index (κ1) is 19.0. The highest BCUT2D eigenvalue weighted by atomic mass is 35.5. The maximum atomic E-state index is 12.9. The topological polar surface area (TPSA) is 66.9 Å². The number of ether oxygens (including phenoxy) is 1. The van der Waals surface area contributed by atoms with Gasteiger partial charge in [0, 0.05) is 18.1 Å². The fourth-order valence-corrected chi connectivity index (χ4v) is 4.25. The van der Waals surface area contributed by atoms with Crippen LogP contribution in [0.5, 0.6) is 0 Å². The molecule has 0 unspecified atom stereocenters. The van der Waals surface area contributed by atoms with Crippen molar-refractivity contribution in [1.29, 1.82) is 0 Å². The Morgan fingerprint density at radius 3 is 2.54 bits per heavy atom. The molecule has 0 saturated carbocycles. The molecule has 1 aliphatic rings. The van der Waals surface area contributed by atoms with Crippen molar-refractivity contribution >= 4 is 33.2 Å². The Hall–Kier alpha value is -1.31. The number of halogens is 1. The Morgan fingerprint density at radius 1 is 1.38 bits per heavy atom. The summed E-state index contributed by atoms with van der Waals surface area (Å²) < 4.78 is 31.4. The predicted molar refractivity (Wildman–Crippen MR) is 95.0 cm³/mol. The lowest BCUT2D eigenvalue weighted by Gasteiger charge is -2.36. The summed E-state index contributed by atoms with van der Waals surface area (Å²) in [4.78, 5) is 14.6. The van der Waals surface area contributed by atoms with E-state index in [0.29, 0.717) is 43.4 Å². The average molecular weight is 375 g/mol. The Labute approximate surface area is 148 Å². The van der Waals surface area contributed by atoms with Gasteiger partial charge in [-0.3, -0.25) is 9.10 Å². The monoisotopic (exact) mass is 374 g/mol. The van der Waals surface area contributed by atoms with Crippen LogP contribution in [0.1, 0.15) is 18.9 Å². The molecule has 2 rings (SSSR count). The van der Waals surface area contributed by atoms with Crippen molar-refractivity contribution in [2.45, 2.75) is 26.3 Å². The average Bonchev–Trinajstić information content (AvgIpc) is 2.54. The van der Waals surface area contributed by atoms with Crippen molar-refractivity contribution in [3.63, 3.8) is 0 Å². The molecule has 1 aromatic rings. The Kier molecular flexibility index (Phi) is 6.11. The molecule has 6 nitrogen and oxygen atoms in total. The highest BCUT2D eigenvalue weighted by molar-refractivity contribution is 7.92. The van der Waals surface area contributed by atoms with Gasteiger partial charge in [-0.2, -0.15) is 0 Å². The molecule has 1 atom stereocenters. The molecular formula is C16H23ClN2O4S. The van der Waals surface area contributed by atoms with Gasteiger partial charge in [-0.05, 0) is 31.0 Å². The first-order valence-electron chi connectivity index (χ1n) is 7.87. The minimum absolute atomic E-state index is 0.203. The molecule has 1 aliphatic heterocycles. The SMILES string of the molecule is CC[C@H](C(=O)N1CCOCC1)N(c1cc(Cl)ccc1C)S(C)(=O)=O. The highest BCUT2D eigenvalue weighted by Gasteiger charge is 2.35. The number of nitrogens with zero attached hydrogens (tertiary/aromatic N) is 2. The quantitative estimate of drug-likeness (QED) is 0.791. The van der Waals surface area contributed by atoms with E-state index >= 15 is 0 Å². The molecule has 1 heterocycles. The van der Waals surface area contributed by atoms with Crippen molar-refractivity contribution in [3.05, 3.63) is 28.8 Å². The molecule has 0 aromatic heterocycles. The van der Waals surface area contributed by atoms with Gasteiger partial charge in [-0.15, -0.1) is 0 Å². The van der Waals surface area contributed by atoms with E-state index in [9.17, 15) is 13.2 Å². The minimum atomic E-state index is -3.66. The van der Waals surface area contributed by atoms with E-state index in [0.717, 1.165) is 11.8 Å². The summed E-state index contributed by atoms with van der Waals surface area (Å²) >= 11 is 6.05. The smallest absolute Gasteiger partial charge is 0.246 e. The van der Waals surface area contributed by atoms with E-state index in [2.05, 4.69) is 0 Å². The molecule has 1 fully saturated rings. The van der Waals surface area contributed by atoms with Crippen molar-refractivity contribution < 1.29 is 17.9 Å². The zero-order valence-corrected chi connectivity index (χ0v) is 15.7. The first-order valence-corrected chi connectivity index (χ1v) is 10.1. The standard InChI is InChI=1S/C16H23ClN2O4S/c1-4-14(16(20)18-7-9-23-10-8-18)19(24(3,21)22)15-11-13(17)6-5-12(15)2/h5-6,11,14H,4,7-10H2,1-3H3/t14-/m1/s1. The molecule has 1 amide bonds. The van der Waals surface area contributed by atoms with Crippen LogP contribution in [-0.2, 0) is 19.6 Å². The van der Waals surface area contributed by atoms with Crippen molar-refractivity contribution in [3.8, 4) is 0 Å². The predicted octanol–water partition coefficient (Wildman–Crippen LogP) is 2.05. The molecule has 0 spiro atoms. The van der Waals surface area contributed by atoms with Crippen molar-refractivity contribution in [1.82, 2.24) is 4.90 Å². The lowest BCUT2D eigenvalue weighted by molar-refractivity contribution is -0.136. The number of hydrogen-bond acceptors (Lipinski definition) is 4.